The average Bonchev–Trinajstić information content (AvgIpc) is 2.57. The van der Waals surface area contributed by atoms with Gasteiger partial charge in [0, 0.05) is 51.0 Å². The lowest BCUT2D eigenvalue weighted by Gasteiger charge is -2.36. The summed E-state index contributed by atoms with van der Waals surface area (Å²) in [5, 5.41) is 3.47. The number of ether oxygens (including phenoxy) is 1. The number of hydrogen-bond donors (Lipinski definition) is 1. The van der Waals surface area contributed by atoms with Gasteiger partial charge in [0.05, 0.1) is 13.2 Å². The van der Waals surface area contributed by atoms with Gasteiger partial charge in [0.15, 0.2) is 0 Å². The summed E-state index contributed by atoms with van der Waals surface area (Å²) < 4.78 is 5.80. The number of rotatable bonds is 8. The van der Waals surface area contributed by atoms with Crippen LogP contribution in [0.15, 0.2) is 24.3 Å². The third kappa shape index (κ3) is 7.76. The highest BCUT2D eigenvalue weighted by Crippen LogP contribution is 2.18. The highest BCUT2D eigenvalue weighted by atomic mass is 16.5. The molecule has 25 heavy (non-hydrogen) atoms. The topological polar surface area (TPSA) is 27.7 Å². The van der Waals surface area contributed by atoms with Crippen LogP contribution in [0.25, 0.3) is 0 Å². The van der Waals surface area contributed by atoms with E-state index in [2.05, 4.69) is 74.0 Å². The summed E-state index contributed by atoms with van der Waals surface area (Å²) in [6, 6.07) is 9.55. The van der Waals surface area contributed by atoms with Crippen LogP contribution in [0.3, 0.4) is 0 Å². The average molecular weight is 348 g/mol. The van der Waals surface area contributed by atoms with E-state index >= 15 is 0 Å². The lowest BCUT2D eigenvalue weighted by Crippen LogP contribution is -2.47. The van der Waals surface area contributed by atoms with Crippen LogP contribution < -0.4 is 10.2 Å². The van der Waals surface area contributed by atoms with E-state index in [1.54, 1.807) is 0 Å². The molecule has 0 bridgehead atoms. The SMILES string of the molecule is CC(C)NCc1ccc(N2CCN(CCOCC(C)(C)C)CC2)cc1. The molecule has 0 aromatic heterocycles. The number of nitrogens with one attached hydrogen (secondary N) is 1. The molecule has 1 N–H and O–H groups in total. The molecule has 0 atom stereocenters. The Labute approximate surface area is 154 Å². The van der Waals surface area contributed by atoms with E-state index in [0.717, 1.165) is 52.5 Å². The molecule has 1 aromatic rings. The number of hydrogen-bond acceptors (Lipinski definition) is 4. The second kappa shape index (κ2) is 9.56. The van der Waals surface area contributed by atoms with Gasteiger partial charge in [-0.05, 0) is 23.1 Å². The van der Waals surface area contributed by atoms with Gasteiger partial charge in [0.25, 0.3) is 0 Å². The van der Waals surface area contributed by atoms with E-state index in [4.69, 9.17) is 4.74 Å². The highest BCUT2D eigenvalue weighted by Gasteiger charge is 2.17. The zero-order chi connectivity index (χ0) is 18.3. The summed E-state index contributed by atoms with van der Waals surface area (Å²) in [6.45, 7) is 19.1. The van der Waals surface area contributed by atoms with Crippen LogP contribution in [0.5, 0.6) is 0 Å². The minimum Gasteiger partial charge on any atom is -0.380 e. The van der Waals surface area contributed by atoms with Crippen molar-refractivity contribution in [2.45, 2.75) is 47.2 Å². The predicted molar refractivity (Wildman–Crippen MR) is 107 cm³/mol. The van der Waals surface area contributed by atoms with Gasteiger partial charge in [-0.25, -0.2) is 0 Å². The molecule has 0 aliphatic carbocycles. The molecule has 142 valence electrons. The Bertz CT molecular complexity index is 485. The Morgan fingerprint density at radius 2 is 1.68 bits per heavy atom. The molecule has 2 rings (SSSR count). The quantitative estimate of drug-likeness (QED) is 0.730. The lowest BCUT2D eigenvalue weighted by molar-refractivity contribution is 0.0537. The Kier molecular flexibility index (Phi) is 7.73. The molecule has 0 amide bonds. The first-order valence-corrected chi connectivity index (χ1v) is 9.71. The second-order valence-corrected chi connectivity index (χ2v) is 8.64. The van der Waals surface area contributed by atoms with E-state index in [9.17, 15) is 0 Å². The van der Waals surface area contributed by atoms with Crippen molar-refractivity contribution in [3.8, 4) is 0 Å². The van der Waals surface area contributed by atoms with Crippen molar-refractivity contribution in [1.29, 1.82) is 0 Å². The van der Waals surface area contributed by atoms with Crippen LogP contribution >= 0.6 is 0 Å². The van der Waals surface area contributed by atoms with Crippen LogP contribution in [-0.2, 0) is 11.3 Å². The normalized spacial score (nSPS) is 16.6. The molecule has 1 saturated heterocycles. The summed E-state index contributed by atoms with van der Waals surface area (Å²) in [4.78, 5) is 5.01. The molecule has 1 aliphatic rings. The number of benzene rings is 1. The molecule has 1 aromatic carbocycles. The molecule has 1 aliphatic heterocycles. The van der Waals surface area contributed by atoms with Crippen molar-refractivity contribution in [1.82, 2.24) is 10.2 Å². The van der Waals surface area contributed by atoms with Crippen molar-refractivity contribution >= 4 is 5.69 Å². The van der Waals surface area contributed by atoms with Crippen LogP contribution in [0.2, 0.25) is 0 Å². The van der Waals surface area contributed by atoms with E-state index in [1.165, 1.54) is 11.3 Å². The number of anilines is 1. The molecular formula is C21H37N3O. The Hall–Kier alpha value is -1.10. The maximum Gasteiger partial charge on any atom is 0.0593 e. The monoisotopic (exact) mass is 347 g/mol. The van der Waals surface area contributed by atoms with Gasteiger partial charge in [-0.3, -0.25) is 4.90 Å². The molecule has 4 nitrogen and oxygen atoms in total. The van der Waals surface area contributed by atoms with E-state index < -0.39 is 0 Å². The molecular weight excluding hydrogens is 310 g/mol. The summed E-state index contributed by atoms with van der Waals surface area (Å²) in [5.74, 6) is 0. The van der Waals surface area contributed by atoms with Gasteiger partial charge >= 0.3 is 0 Å². The predicted octanol–water partition coefficient (Wildman–Crippen LogP) is 3.37. The van der Waals surface area contributed by atoms with Crippen molar-refractivity contribution in [2.75, 3.05) is 50.8 Å². The van der Waals surface area contributed by atoms with Gasteiger partial charge in [0.1, 0.15) is 0 Å². The highest BCUT2D eigenvalue weighted by molar-refractivity contribution is 5.48. The lowest BCUT2D eigenvalue weighted by atomic mass is 9.99. The summed E-state index contributed by atoms with van der Waals surface area (Å²) in [6.07, 6.45) is 0. The third-order valence-electron chi connectivity index (χ3n) is 4.48. The van der Waals surface area contributed by atoms with Gasteiger partial charge in [-0.15, -0.1) is 0 Å². The molecule has 4 heteroatoms. The summed E-state index contributed by atoms with van der Waals surface area (Å²) in [5.41, 5.74) is 2.96. The Balaban J connectivity index is 1.69. The summed E-state index contributed by atoms with van der Waals surface area (Å²) >= 11 is 0. The minimum atomic E-state index is 0.259. The van der Waals surface area contributed by atoms with Gasteiger partial charge in [0.2, 0.25) is 0 Å². The van der Waals surface area contributed by atoms with Crippen molar-refractivity contribution in [3.63, 3.8) is 0 Å². The number of nitrogens with zero attached hydrogens (tertiary/aromatic N) is 2. The zero-order valence-corrected chi connectivity index (χ0v) is 16.8. The van der Waals surface area contributed by atoms with Gasteiger partial charge in [-0.2, -0.15) is 0 Å². The Morgan fingerprint density at radius 3 is 2.24 bits per heavy atom. The van der Waals surface area contributed by atoms with Crippen molar-refractivity contribution in [2.24, 2.45) is 5.41 Å². The summed E-state index contributed by atoms with van der Waals surface area (Å²) in [7, 11) is 0. The second-order valence-electron chi connectivity index (χ2n) is 8.64. The van der Waals surface area contributed by atoms with Crippen LogP contribution in [0.4, 0.5) is 5.69 Å². The fourth-order valence-corrected chi connectivity index (χ4v) is 2.95. The standard InChI is InChI=1S/C21H37N3O/c1-18(2)22-16-19-6-8-20(9-7-19)24-12-10-23(11-13-24)14-15-25-17-21(3,4)5/h6-9,18,22H,10-17H2,1-5H3. The zero-order valence-electron chi connectivity index (χ0n) is 16.8. The maximum absolute atomic E-state index is 5.80. The number of piperazine rings is 1. The molecule has 0 radical (unpaired) electrons. The largest absolute Gasteiger partial charge is 0.380 e. The third-order valence-corrected chi connectivity index (χ3v) is 4.48. The maximum atomic E-state index is 5.80. The molecule has 0 unspecified atom stereocenters. The minimum absolute atomic E-state index is 0.259. The fourth-order valence-electron chi connectivity index (χ4n) is 2.95. The smallest absolute Gasteiger partial charge is 0.0593 e. The Morgan fingerprint density at radius 1 is 1.04 bits per heavy atom. The first-order valence-electron chi connectivity index (χ1n) is 9.71. The van der Waals surface area contributed by atoms with Gasteiger partial charge in [-0.1, -0.05) is 46.8 Å². The first-order chi connectivity index (χ1) is 11.8. The molecule has 1 heterocycles. The van der Waals surface area contributed by atoms with E-state index in [1.807, 2.05) is 0 Å². The van der Waals surface area contributed by atoms with Crippen molar-refractivity contribution < 1.29 is 4.74 Å². The first kappa shape index (κ1) is 20.2. The van der Waals surface area contributed by atoms with Crippen molar-refractivity contribution in [3.05, 3.63) is 29.8 Å². The van der Waals surface area contributed by atoms with Gasteiger partial charge < -0.3 is 15.0 Å². The van der Waals surface area contributed by atoms with Crippen LogP contribution in [-0.4, -0.2) is 56.9 Å². The van der Waals surface area contributed by atoms with Crippen LogP contribution in [0, 0.1) is 5.41 Å². The van der Waals surface area contributed by atoms with Crippen LogP contribution in [0.1, 0.15) is 40.2 Å². The fraction of sp³-hybridized carbons (Fsp3) is 0.714. The molecule has 0 saturated carbocycles. The molecule has 0 spiro atoms. The van der Waals surface area contributed by atoms with E-state index in [-0.39, 0.29) is 5.41 Å². The molecule has 1 fully saturated rings. The van der Waals surface area contributed by atoms with E-state index in [0.29, 0.717) is 6.04 Å².